The molecule has 1 aliphatic heterocycles. The average Bonchev–Trinajstić information content (AvgIpc) is 2.17. The minimum Gasteiger partial charge on any atom is -0.316 e. The van der Waals surface area contributed by atoms with Crippen LogP contribution in [0.4, 0.5) is 8.78 Å². The third-order valence-electron chi connectivity index (χ3n) is 2.38. The highest BCUT2D eigenvalue weighted by Crippen LogP contribution is 2.18. The Morgan fingerprint density at radius 2 is 2.14 bits per heavy atom. The molecule has 1 rings (SSSR count). The Kier molecular flexibility index (Phi) is 3.79. The molecule has 0 saturated carbocycles. The molecule has 0 aromatic carbocycles. The third kappa shape index (κ3) is 2.40. The summed E-state index contributed by atoms with van der Waals surface area (Å²) < 4.78 is 47.4. The Hall–Kier alpha value is -0.270. The van der Waals surface area contributed by atoms with Gasteiger partial charge in [-0.15, -0.1) is 0 Å². The van der Waals surface area contributed by atoms with Gasteiger partial charge in [0.1, 0.15) is 0 Å². The fourth-order valence-electron chi connectivity index (χ4n) is 1.52. The Morgan fingerprint density at radius 3 is 2.64 bits per heavy atom. The smallest absolute Gasteiger partial charge is 0.316 e. The van der Waals surface area contributed by atoms with Crippen LogP contribution in [0.3, 0.4) is 0 Å². The van der Waals surface area contributed by atoms with Crippen molar-refractivity contribution in [1.82, 2.24) is 9.62 Å². The summed E-state index contributed by atoms with van der Waals surface area (Å²) in [4.78, 5) is 0. The lowest BCUT2D eigenvalue weighted by Crippen LogP contribution is -2.48. The summed E-state index contributed by atoms with van der Waals surface area (Å²) >= 11 is 0. The van der Waals surface area contributed by atoms with Gasteiger partial charge in [0.2, 0.25) is 0 Å². The van der Waals surface area contributed by atoms with Gasteiger partial charge in [-0.3, -0.25) is 0 Å². The molecule has 0 aromatic heterocycles. The molecule has 0 aliphatic carbocycles. The minimum atomic E-state index is -4.38. The van der Waals surface area contributed by atoms with Crippen molar-refractivity contribution in [3.05, 3.63) is 0 Å². The van der Waals surface area contributed by atoms with Crippen LogP contribution in [0.1, 0.15) is 12.8 Å². The first-order valence-electron chi connectivity index (χ1n) is 4.43. The number of likely N-dealkylation sites (N-methyl/N-ethyl adjacent to an activating group) is 1. The molecule has 4 nitrogen and oxygen atoms in total. The van der Waals surface area contributed by atoms with Crippen LogP contribution in [0.5, 0.6) is 0 Å². The van der Waals surface area contributed by atoms with E-state index >= 15 is 0 Å². The summed E-state index contributed by atoms with van der Waals surface area (Å²) in [6, 6.07) is -0.0164. The number of halogens is 2. The largest absolute Gasteiger partial charge is 0.350 e. The first-order valence-corrected chi connectivity index (χ1v) is 5.93. The van der Waals surface area contributed by atoms with Gasteiger partial charge in [-0.2, -0.15) is 13.1 Å². The maximum absolute atomic E-state index is 12.2. The van der Waals surface area contributed by atoms with Gasteiger partial charge in [-0.05, 0) is 19.9 Å². The summed E-state index contributed by atoms with van der Waals surface area (Å²) in [6.45, 7) is 0.341. The molecule has 0 radical (unpaired) electrons. The van der Waals surface area contributed by atoms with E-state index in [2.05, 4.69) is 5.32 Å². The molecule has 0 spiro atoms. The number of hydrogen-bond donors (Lipinski definition) is 1. The van der Waals surface area contributed by atoms with E-state index in [1.54, 1.807) is 7.05 Å². The molecule has 1 fully saturated rings. The van der Waals surface area contributed by atoms with E-state index in [9.17, 15) is 17.2 Å². The van der Waals surface area contributed by atoms with Gasteiger partial charge >= 0.3 is 5.76 Å². The Bertz CT molecular complexity index is 281. The lowest BCUT2D eigenvalue weighted by Gasteiger charge is -2.31. The normalized spacial score (nSPS) is 25.6. The summed E-state index contributed by atoms with van der Waals surface area (Å²) in [5.74, 6) is -3.31. The van der Waals surface area contributed by atoms with Gasteiger partial charge in [0.25, 0.3) is 10.0 Å². The lowest BCUT2D eigenvalue weighted by molar-refractivity contribution is 0.207. The molecule has 7 heteroatoms. The minimum absolute atomic E-state index is 0.0164. The number of hydrogen-bond acceptors (Lipinski definition) is 3. The zero-order valence-electron chi connectivity index (χ0n) is 7.91. The summed E-state index contributed by atoms with van der Waals surface area (Å²) in [6.07, 6.45) is 1.45. The topological polar surface area (TPSA) is 49.4 Å². The van der Waals surface area contributed by atoms with Crippen LogP contribution in [0.15, 0.2) is 0 Å². The van der Waals surface area contributed by atoms with Gasteiger partial charge < -0.3 is 5.32 Å². The molecule has 1 aliphatic rings. The van der Waals surface area contributed by atoms with Crippen LogP contribution in [0.25, 0.3) is 0 Å². The lowest BCUT2D eigenvalue weighted by atomic mass is 10.1. The van der Waals surface area contributed by atoms with Crippen LogP contribution in [0.2, 0.25) is 0 Å². The molecule has 0 amide bonds. The second-order valence-corrected chi connectivity index (χ2v) is 5.19. The van der Waals surface area contributed by atoms with Gasteiger partial charge in [0.05, 0.1) is 0 Å². The highest BCUT2D eigenvalue weighted by atomic mass is 32.2. The maximum atomic E-state index is 12.2. The Labute approximate surface area is 82.3 Å². The van der Waals surface area contributed by atoms with E-state index in [0.29, 0.717) is 6.42 Å². The van der Waals surface area contributed by atoms with Gasteiger partial charge in [0, 0.05) is 19.1 Å². The predicted molar refractivity (Wildman–Crippen MR) is 48.6 cm³/mol. The summed E-state index contributed by atoms with van der Waals surface area (Å²) in [7, 11) is -2.69. The van der Waals surface area contributed by atoms with Crippen LogP contribution < -0.4 is 5.32 Å². The van der Waals surface area contributed by atoms with Crippen LogP contribution in [-0.4, -0.2) is 44.7 Å². The first kappa shape index (κ1) is 11.8. The van der Waals surface area contributed by atoms with Crippen molar-refractivity contribution in [3.63, 3.8) is 0 Å². The standard InChI is InChI=1S/C7H14F2N2O2S/c1-10-6-3-2-4-11(5-6)14(12,13)7(8)9/h6-7,10H,2-5H2,1H3. The highest BCUT2D eigenvalue weighted by Gasteiger charge is 2.34. The maximum Gasteiger partial charge on any atom is 0.350 e. The molecule has 1 unspecified atom stereocenters. The van der Waals surface area contributed by atoms with E-state index in [1.165, 1.54) is 0 Å². The van der Waals surface area contributed by atoms with Crippen LogP contribution >= 0.6 is 0 Å². The number of alkyl halides is 2. The van der Waals surface area contributed by atoms with E-state index in [-0.39, 0.29) is 19.1 Å². The highest BCUT2D eigenvalue weighted by molar-refractivity contribution is 7.89. The molecule has 1 atom stereocenters. The monoisotopic (exact) mass is 228 g/mol. The second-order valence-electron chi connectivity index (χ2n) is 3.29. The second kappa shape index (κ2) is 4.50. The van der Waals surface area contributed by atoms with Gasteiger partial charge in [-0.1, -0.05) is 0 Å². The molecule has 0 bridgehead atoms. The summed E-state index contributed by atoms with van der Waals surface area (Å²) in [5, 5.41) is 2.89. The number of sulfonamides is 1. The zero-order valence-corrected chi connectivity index (χ0v) is 8.73. The van der Waals surface area contributed by atoms with Crippen molar-refractivity contribution in [2.75, 3.05) is 20.1 Å². The van der Waals surface area contributed by atoms with Crippen molar-refractivity contribution in [2.24, 2.45) is 0 Å². The molecule has 1 saturated heterocycles. The molecule has 1 heterocycles. The molecule has 1 N–H and O–H groups in total. The zero-order chi connectivity index (χ0) is 10.8. The molecule has 84 valence electrons. The molecular weight excluding hydrogens is 214 g/mol. The summed E-state index contributed by atoms with van der Waals surface area (Å²) in [5.41, 5.74) is 0. The fourth-order valence-corrected chi connectivity index (χ4v) is 2.52. The number of nitrogens with zero attached hydrogens (tertiary/aromatic N) is 1. The molecule has 14 heavy (non-hydrogen) atoms. The van der Waals surface area contributed by atoms with Crippen LogP contribution in [-0.2, 0) is 10.0 Å². The van der Waals surface area contributed by atoms with E-state index < -0.39 is 15.8 Å². The third-order valence-corrected chi connectivity index (χ3v) is 3.88. The fraction of sp³-hybridized carbons (Fsp3) is 1.00. The Balaban J connectivity index is 2.69. The van der Waals surface area contributed by atoms with Crippen LogP contribution in [0, 0.1) is 0 Å². The molecule has 0 aromatic rings. The van der Waals surface area contributed by atoms with Crippen molar-refractivity contribution < 1.29 is 17.2 Å². The van der Waals surface area contributed by atoms with Gasteiger partial charge in [-0.25, -0.2) is 8.42 Å². The van der Waals surface area contributed by atoms with E-state index in [4.69, 9.17) is 0 Å². The average molecular weight is 228 g/mol. The van der Waals surface area contributed by atoms with E-state index in [0.717, 1.165) is 10.7 Å². The predicted octanol–water partition coefficient (Wildman–Crippen LogP) is 0.223. The van der Waals surface area contributed by atoms with Crippen molar-refractivity contribution >= 4 is 10.0 Å². The van der Waals surface area contributed by atoms with E-state index in [1.807, 2.05) is 0 Å². The Morgan fingerprint density at radius 1 is 1.50 bits per heavy atom. The molecular formula is C7H14F2N2O2S. The number of nitrogens with one attached hydrogen (secondary N) is 1. The quantitative estimate of drug-likeness (QED) is 0.752. The number of rotatable bonds is 3. The van der Waals surface area contributed by atoms with Crippen molar-refractivity contribution in [1.29, 1.82) is 0 Å². The van der Waals surface area contributed by atoms with Gasteiger partial charge in [0.15, 0.2) is 0 Å². The number of piperidine rings is 1. The van der Waals surface area contributed by atoms with Crippen molar-refractivity contribution in [2.45, 2.75) is 24.6 Å². The first-order chi connectivity index (χ1) is 6.48. The SMILES string of the molecule is CNC1CCCN(S(=O)(=O)C(F)F)C1. The van der Waals surface area contributed by atoms with Crippen molar-refractivity contribution in [3.8, 4) is 0 Å².